The molecule has 0 radical (unpaired) electrons. The third kappa shape index (κ3) is 5.01. The SMILES string of the molecule is CC(=O)Nc1ccc(NC(=O)[C@H](C)N(c2ccc3c(c2)OCCO3)S(C)(=O)=O)cc1. The summed E-state index contributed by atoms with van der Waals surface area (Å²) < 4.78 is 37.0. The lowest BCUT2D eigenvalue weighted by molar-refractivity contribution is -0.117. The summed E-state index contributed by atoms with van der Waals surface area (Å²) in [4.78, 5) is 23.9. The van der Waals surface area contributed by atoms with Gasteiger partial charge in [-0.1, -0.05) is 0 Å². The van der Waals surface area contributed by atoms with Gasteiger partial charge in [0.2, 0.25) is 21.8 Å². The average Bonchev–Trinajstić information content (AvgIpc) is 2.68. The van der Waals surface area contributed by atoms with Crippen LogP contribution in [0.5, 0.6) is 11.5 Å². The van der Waals surface area contributed by atoms with E-state index in [4.69, 9.17) is 9.47 Å². The summed E-state index contributed by atoms with van der Waals surface area (Å²) in [6.45, 7) is 3.68. The first-order valence-electron chi connectivity index (χ1n) is 9.23. The van der Waals surface area contributed by atoms with E-state index in [1.807, 2.05) is 0 Å². The molecule has 9 nitrogen and oxygen atoms in total. The van der Waals surface area contributed by atoms with Crippen LogP contribution in [-0.2, 0) is 19.6 Å². The molecule has 0 saturated carbocycles. The zero-order valence-electron chi connectivity index (χ0n) is 16.8. The van der Waals surface area contributed by atoms with Crippen molar-refractivity contribution in [3.8, 4) is 11.5 Å². The van der Waals surface area contributed by atoms with Gasteiger partial charge in [-0.3, -0.25) is 13.9 Å². The first-order chi connectivity index (χ1) is 14.1. The number of amides is 2. The Balaban J connectivity index is 1.81. The van der Waals surface area contributed by atoms with Crippen LogP contribution in [0.1, 0.15) is 13.8 Å². The van der Waals surface area contributed by atoms with Gasteiger partial charge >= 0.3 is 0 Å². The van der Waals surface area contributed by atoms with E-state index in [-0.39, 0.29) is 5.91 Å². The van der Waals surface area contributed by atoms with Gasteiger partial charge in [0.25, 0.3) is 0 Å². The van der Waals surface area contributed by atoms with E-state index in [2.05, 4.69) is 10.6 Å². The van der Waals surface area contributed by atoms with Crippen molar-refractivity contribution >= 4 is 38.9 Å². The summed E-state index contributed by atoms with van der Waals surface area (Å²) in [5.41, 5.74) is 1.35. The van der Waals surface area contributed by atoms with Gasteiger partial charge in [0, 0.05) is 24.4 Å². The second kappa shape index (κ2) is 8.62. The molecule has 1 aliphatic rings. The highest BCUT2D eigenvalue weighted by Crippen LogP contribution is 2.35. The van der Waals surface area contributed by atoms with Crippen LogP contribution in [0.25, 0.3) is 0 Å². The van der Waals surface area contributed by atoms with Crippen LogP contribution in [0.2, 0.25) is 0 Å². The minimum Gasteiger partial charge on any atom is -0.486 e. The van der Waals surface area contributed by atoms with Crippen LogP contribution >= 0.6 is 0 Å². The Kier molecular flexibility index (Phi) is 6.16. The van der Waals surface area contributed by atoms with Gasteiger partial charge in [0.05, 0.1) is 11.9 Å². The summed E-state index contributed by atoms with van der Waals surface area (Å²) in [7, 11) is -3.77. The third-order valence-electron chi connectivity index (χ3n) is 4.34. The van der Waals surface area contributed by atoms with Crippen LogP contribution in [0.3, 0.4) is 0 Å². The molecule has 1 aliphatic heterocycles. The average molecular weight is 433 g/mol. The van der Waals surface area contributed by atoms with Crippen molar-refractivity contribution in [3.05, 3.63) is 42.5 Å². The summed E-state index contributed by atoms with van der Waals surface area (Å²) in [6.07, 6.45) is 1.04. The minimum absolute atomic E-state index is 0.205. The molecule has 1 heterocycles. The lowest BCUT2D eigenvalue weighted by Crippen LogP contribution is -2.45. The number of hydrogen-bond acceptors (Lipinski definition) is 6. The van der Waals surface area contributed by atoms with E-state index < -0.39 is 22.0 Å². The number of sulfonamides is 1. The van der Waals surface area contributed by atoms with Crippen molar-refractivity contribution < 1.29 is 27.5 Å². The number of fused-ring (bicyclic) bond motifs is 1. The maximum Gasteiger partial charge on any atom is 0.247 e. The van der Waals surface area contributed by atoms with Crippen LogP contribution in [0, 0.1) is 0 Å². The number of hydrogen-bond donors (Lipinski definition) is 2. The lowest BCUT2D eigenvalue weighted by Gasteiger charge is -2.29. The van der Waals surface area contributed by atoms with Gasteiger partial charge in [-0.15, -0.1) is 0 Å². The van der Waals surface area contributed by atoms with Crippen molar-refractivity contribution in [1.29, 1.82) is 0 Å². The molecule has 160 valence electrons. The van der Waals surface area contributed by atoms with E-state index >= 15 is 0 Å². The highest BCUT2D eigenvalue weighted by Gasteiger charge is 2.30. The maximum absolute atomic E-state index is 12.8. The third-order valence-corrected chi connectivity index (χ3v) is 5.58. The van der Waals surface area contributed by atoms with Crippen molar-refractivity contribution in [1.82, 2.24) is 0 Å². The van der Waals surface area contributed by atoms with E-state index in [0.717, 1.165) is 10.6 Å². The smallest absolute Gasteiger partial charge is 0.247 e. The molecular formula is C20H23N3O6S. The van der Waals surface area contributed by atoms with Gasteiger partial charge in [0.15, 0.2) is 11.5 Å². The fourth-order valence-electron chi connectivity index (χ4n) is 3.06. The summed E-state index contributed by atoms with van der Waals surface area (Å²) >= 11 is 0. The molecule has 2 aromatic carbocycles. The Morgan fingerprint density at radius 2 is 1.53 bits per heavy atom. The molecule has 0 fully saturated rings. The summed E-state index contributed by atoms with van der Waals surface area (Å²) in [5, 5.41) is 5.32. The van der Waals surface area contributed by atoms with E-state index in [9.17, 15) is 18.0 Å². The standard InChI is InChI=1S/C20H23N3O6S/c1-13(20(25)22-16-6-4-15(5-7-16)21-14(2)24)23(30(3,26)27)17-8-9-18-19(12-17)29-11-10-28-18/h4-9,12-13H,10-11H2,1-3H3,(H,21,24)(H,22,25)/t13-/m0/s1. The zero-order valence-corrected chi connectivity index (χ0v) is 17.7. The monoisotopic (exact) mass is 433 g/mol. The van der Waals surface area contributed by atoms with Crippen LogP contribution in [0.15, 0.2) is 42.5 Å². The highest BCUT2D eigenvalue weighted by molar-refractivity contribution is 7.92. The zero-order chi connectivity index (χ0) is 21.9. The predicted octanol–water partition coefficient (Wildman–Crippen LogP) is 2.21. The number of carbonyl (C=O) groups excluding carboxylic acids is 2. The fraction of sp³-hybridized carbons (Fsp3) is 0.300. The van der Waals surface area contributed by atoms with Gasteiger partial charge in [0.1, 0.15) is 19.3 Å². The first kappa shape index (κ1) is 21.4. The number of rotatable bonds is 6. The second-order valence-corrected chi connectivity index (χ2v) is 8.67. The number of anilines is 3. The summed E-state index contributed by atoms with van der Waals surface area (Å²) in [6, 6.07) is 10.2. The molecule has 0 spiro atoms. The van der Waals surface area contributed by atoms with Gasteiger partial charge in [-0.2, -0.15) is 0 Å². The Morgan fingerprint density at radius 1 is 0.967 bits per heavy atom. The van der Waals surface area contributed by atoms with Crippen molar-refractivity contribution in [3.63, 3.8) is 0 Å². The number of nitrogens with one attached hydrogen (secondary N) is 2. The van der Waals surface area contributed by atoms with E-state index in [1.54, 1.807) is 42.5 Å². The minimum atomic E-state index is -3.77. The van der Waals surface area contributed by atoms with Crippen LogP contribution in [0.4, 0.5) is 17.1 Å². The van der Waals surface area contributed by atoms with E-state index in [0.29, 0.717) is 41.8 Å². The topological polar surface area (TPSA) is 114 Å². The lowest BCUT2D eigenvalue weighted by atomic mass is 10.2. The molecular weight excluding hydrogens is 410 g/mol. The molecule has 0 aromatic heterocycles. The maximum atomic E-state index is 12.8. The molecule has 2 aromatic rings. The molecule has 0 bridgehead atoms. The molecule has 0 unspecified atom stereocenters. The number of ether oxygens (including phenoxy) is 2. The Morgan fingerprint density at radius 3 is 2.10 bits per heavy atom. The number of carbonyl (C=O) groups is 2. The quantitative estimate of drug-likeness (QED) is 0.722. The number of benzene rings is 2. The largest absolute Gasteiger partial charge is 0.486 e. The number of nitrogens with zero attached hydrogens (tertiary/aromatic N) is 1. The molecule has 2 N–H and O–H groups in total. The Labute approximate surface area is 175 Å². The van der Waals surface area contributed by atoms with Crippen LogP contribution in [-0.4, -0.2) is 45.7 Å². The van der Waals surface area contributed by atoms with Gasteiger partial charge < -0.3 is 20.1 Å². The van der Waals surface area contributed by atoms with Gasteiger partial charge in [-0.05, 0) is 43.3 Å². The molecule has 1 atom stereocenters. The molecule has 10 heteroatoms. The highest BCUT2D eigenvalue weighted by atomic mass is 32.2. The van der Waals surface area contributed by atoms with Crippen LogP contribution < -0.4 is 24.4 Å². The second-order valence-electron chi connectivity index (χ2n) is 6.81. The molecule has 0 aliphatic carbocycles. The van der Waals surface area contributed by atoms with Gasteiger partial charge in [-0.25, -0.2) is 8.42 Å². The predicted molar refractivity (Wildman–Crippen MR) is 114 cm³/mol. The normalized spacial score (nSPS) is 13.8. The molecule has 30 heavy (non-hydrogen) atoms. The molecule has 3 rings (SSSR count). The van der Waals surface area contributed by atoms with Crippen molar-refractivity contribution in [2.75, 3.05) is 34.4 Å². The summed E-state index contributed by atoms with van der Waals surface area (Å²) in [5.74, 6) is 0.231. The van der Waals surface area contributed by atoms with Crippen molar-refractivity contribution in [2.24, 2.45) is 0 Å². The molecule has 0 saturated heterocycles. The first-order valence-corrected chi connectivity index (χ1v) is 11.1. The molecule has 2 amide bonds. The van der Waals surface area contributed by atoms with Crippen molar-refractivity contribution in [2.45, 2.75) is 19.9 Å². The van der Waals surface area contributed by atoms with E-state index in [1.165, 1.54) is 13.8 Å². The fourth-order valence-corrected chi connectivity index (χ4v) is 4.23. The Bertz CT molecular complexity index is 1050. The Hall–Kier alpha value is -3.27.